The van der Waals surface area contributed by atoms with Crippen molar-refractivity contribution in [2.24, 2.45) is 5.92 Å². The van der Waals surface area contributed by atoms with Gasteiger partial charge in [0, 0.05) is 13.1 Å². The average Bonchev–Trinajstić information content (AvgIpc) is 2.78. The minimum Gasteiger partial charge on any atom is -0.459 e. The van der Waals surface area contributed by atoms with Crippen LogP contribution in [0.1, 0.15) is 24.2 Å². The number of para-hydroxylation sites is 2. The first-order chi connectivity index (χ1) is 14.8. The number of sulfonamides is 1. The number of aromatic nitrogens is 2. The van der Waals surface area contributed by atoms with Crippen LogP contribution in [0.15, 0.2) is 53.4 Å². The van der Waals surface area contributed by atoms with Gasteiger partial charge < -0.3 is 4.74 Å². The van der Waals surface area contributed by atoms with Gasteiger partial charge in [-0.05, 0) is 56.2 Å². The summed E-state index contributed by atoms with van der Waals surface area (Å²) < 4.78 is 45.6. The van der Waals surface area contributed by atoms with Crippen molar-refractivity contribution >= 4 is 27.0 Å². The van der Waals surface area contributed by atoms with Crippen LogP contribution in [-0.4, -0.2) is 41.7 Å². The minimum absolute atomic E-state index is 0.00461. The lowest BCUT2D eigenvalue weighted by atomic mass is 10.00. The highest BCUT2D eigenvalue weighted by Crippen LogP contribution is 2.25. The molecule has 2 heterocycles. The van der Waals surface area contributed by atoms with Crippen LogP contribution in [0.4, 0.5) is 4.39 Å². The van der Waals surface area contributed by atoms with Gasteiger partial charge in [-0.3, -0.25) is 4.79 Å². The molecule has 0 N–H and O–H groups in total. The summed E-state index contributed by atoms with van der Waals surface area (Å²) in [5.74, 6) is -1.54. The standard InChI is InChI=1S/C22H22FN3O4S/c1-15-21(25-20-7-3-2-6-19(20)24-15)14-30-22(27)16-5-4-12-26(13-16)31(28,29)18-10-8-17(23)9-11-18/h2-3,6-11,16H,4-5,12-14H2,1H3/t16-/m1/s1. The Morgan fingerprint density at radius 2 is 1.81 bits per heavy atom. The number of halogens is 1. The number of fused-ring (bicyclic) bond motifs is 1. The molecule has 0 aliphatic carbocycles. The molecule has 0 amide bonds. The molecular weight excluding hydrogens is 421 g/mol. The number of esters is 1. The quantitative estimate of drug-likeness (QED) is 0.563. The third kappa shape index (κ3) is 4.57. The van der Waals surface area contributed by atoms with Crippen molar-refractivity contribution in [2.75, 3.05) is 13.1 Å². The molecule has 4 rings (SSSR count). The molecule has 0 radical (unpaired) electrons. The van der Waals surface area contributed by atoms with Crippen LogP contribution < -0.4 is 0 Å². The van der Waals surface area contributed by atoms with Crippen LogP contribution in [0.2, 0.25) is 0 Å². The second-order valence-electron chi connectivity index (χ2n) is 7.51. The zero-order valence-electron chi connectivity index (χ0n) is 17.0. The highest BCUT2D eigenvalue weighted by atomic mass is 32.2. The second-order valence-corrected chi connectivity index (χ2v) is 9.45. The minimum atomic E-state index is -3.81. The van der Waals surface area contributed by atoms with Crippen molar-refractivity contribution in [2.45, 2.75) is 31.3 Å². The third-order valence-corrected chi connectivity index (χ3v) is 7.24. The van der Waals surface area contributed by atoms with E-state index in [0.29, 0.717) is 36.3 Å². The maximum atomic E-state index is 13.1. The maximum Gasteiger partial charge on any atom is 0.310 e. The number of carbonyl (C=O) groups excluding carboxylic acids is 1. The smallest absolute Gasteiger partial charge is 0.310 e. The van der Waals surface area contributed by atoms with Crippen molar-refractivity contribution in [1.82, 2.24) is 14.3 Å². The number of hydrogen-bond acceptors (Lipinski definition) is 6. The second kappa shape index (κ2) is 8.68. The Bertz CT molecular complexity index is 1220. The molecule has 31 heavy (non-hydrogen) atoms. The van der Waals surface area contributed by atoms with Crippen LogP contribution in [0.25, 0.3) is 11.0 Å². The Morgan fingerprint density at radius 3 is 2.52 bits per heavy atom. The number of piperidine rings is 1. The summed E-state index contributed by atoms with van der Waals surface area (Å²) in [4.78, 5) is 21.7. The van der Waals surface area contributed by atoms with E-state index in [-0.39, 0.29) is 18.0 Å². The molecule has 7 nitrogen and oxygen atoms in total. The van der Waals surface area contributed by atoms with Crippen LogP contribution in [0.3, 0.4) is 0 Å². The predicted octanol–water partition coefficient (Wildman–Crippen LogP) is 3.22. The van der Waals surface area contributed by atoms with E-state index in [4.69, 9.17) is 4.74 Å². The Labute approximate surface area is 179 Å². The lowest BCUT2D eigenvalue weighted by molar-refractivity contribution is -0.151. The van der Waals surface area contributed by atoms with Crippen molar-refractivity contribution < 1.29 is 22.3 Å². The molecule has 162 valence electrons. The summed E-state index contributed by atoms with van der Waals surface area (Å²) in [5, 5.41) is 0. The molecule has 3 aromatic rings. The van der Waals surface area contributed by atoms with E-state index in [9.17, 15) is 17.6 Å². The van der Waals surface area contributed by atoms with E-state index in [1.165, 1.54) is 16.4 Å². The molecule has 1 atom stereocenters. The molecule has 0 saturated carbocycles. The summed E-state index contributed by atoms with van der Waals surface area (Å²) in [6.45, 7) is 2.11. The normalized spacial score (nSPS) is 17.5. The molecular formula is C22H22FN3O4S. The van der Waals surface area contributed by atoms with Crippen LogP contribution in [0.5, 0.6) is 0 Å². The highest BCUT2D eigenvalue weighted by Gasteiger charge is 2.34. The summed E-state index contributed by atoms with van der Waals surface area (Å²) >= 11 is 0. The first kappa shape index (κ1) is 21.3. The van der Waals surface area contributed by atoms with Crippen molar-refractivity contribution in [3.8, 4) is 0 Å². The van der Waals surface area contributed by atoms with Gasteiger partial charge in [-0.25, -0.2) is 22.8 Å². The predicted molar refractivity (Wildman–Crippen MR) is 112 cm³/mol. The van der Waals surface area contributed by atoms with Gasteiger partial charge >= 0.3 is 5.97 Å². The Balaban J connectivity index is 1.43. The molecule has 1 aliphatic heterocycles. The third-order valence-electron chi connectivity index (χ3n) is 5.36. The Hall–Kier alpha value is -2.91. The topological polar surface area (TPSA) is 89.5 Å². The highest BCUT2D eigenvalue weighted by molar-refractivity contribution is 7.89. The first-order valence-electron chi connectivity index (χ1n) is 9.99. The van der Waals surface area contributed by atoms with Gasteiger partial charge in [0.15, 0.2) is 0 Å². The fourth-order valence-electron chi connectivity index (χ4n) is 3.63. The average molecular weight is 444 g/mol. The maximum absolute atomic E-state index is 13.1. The molecule has 0 spiro atoms. The van der Waals surface area contributed by atoms with Crippen LogP contribution >= 0.6 is 0 Å². The van der Waals surface area contributed by atoms with Crippen molar-refractivity contribution in [3.63, 3.8) is 0 Å². The van der Waals surface area contributed by atoms with E-state index in [2.05, 4.69) is 9.97 Å². The molecule has 1 saturated heterocycles. The largest absolute Gasteiger partial charge is 0.459 e. The first-order valence-corrected chi connectivity index (χ1v) is 11.4. The SMILES string of the molecule is Cc1nc2ccccc2nc1COC(=O)[C@@H]1CCCN(S(=O)(=O)c2ccc(F)cc2)C1. The number of rotatable bonds is 5. The molecule has 0 unspecified atom stereocenters. The van der Waals surface area contributed by atoms with Crippen LogP contribution in [-0.2, 0) is 26.2 Å². The monoisotopic (exact) mass is 443 g/mol. The molecule has 2 aromatic carbocycles. The molecule has 0 bridgehead atoms. The lowest BCUT2D eigenvalue weighted by Gasteiger charge is -2.30. The number of carbonyl (C=O) groups is 1. The van der Waals surface area contributed by atoms with Gasteiger partial charge in [0.05, 0.1) is 33.2 Å². The zero-order valence-corrected chi connectivity index (χ0v) is 17.8. The summed E-state index contributed by atoms with van der Waals surface area (Å²) in [6, 6.07) is 12.1. The summed E-state index contributed by atoms with van der Waals surface area (Å²) in [5.41, 5.74) is 2.73. The van der Waals surface area contributed by atoms with Gasteiger partial charge in [0.1, 0.15) is 12.4 Å². The summed E-state index contributed by atoms with van der Waals surface area (Å²) in [6.07, 6.45) is 1.08. The molecule has 1 fully saturated rings. The van der Waals surface area contributed by atoms with E-state index in [0.717, 1.165) is 17.6 Å². The molecule has 1 aliphatic rings. The zero-order chi connectivity index (χ0) is 22.0. The molecule has 1 aromatic heterocycles. The number of benzene rings is 2. The Morgan fingerprint density at radius 1 is 1.13 bits per heavy atom. The fourth-order valence-corrected chi connectivity index (χ4v) is 5.15. The van der Waals surface area contributed by atoms with Gasteiger partial charge in [-0.15, -0.1) is 0 Å². The van der Waals surface area contributed by atoms with Crippen LogP contribution in [0, 0.1) is 18.7 Å². The fraction of sp³-hybridized carbons (Fsp3) is 0.318. The van der Waals surface area contributed by atoms with Gasteiger partial charge in [-0.1, -0.05) is 12.1 Å². The van der Waals surface area contributed by atoms with Gasteiger partial charge in [-0.2, -0.15) is 4.31 Å². The van der Waals surface area contributed by atoms with Gasteiger partial charge in [0.25, 0.3) is 0 Å². The van der Waals surface area contributed by atoms with Crippen molar-refractivity contribution in [3.05, 3.63) is 65.7 Å². The number of hydrogen-bond donors (Lipinski definition) is 0. The van der Waals surface area contributed by atoms with Crippen molar-refractivity contribution in [1.29, 1.82) is 0 Å². The van der Waals surface area contributed by atoms with E-state index in [1.807, 2.05) is 24.3 Å². The van der Waals surface area contributed by atoms with Gasteiger partial charge in [0.2, 0.25) is 10.0 Å². The molecule has 9 heteroatoms. The van der Waals surface area contributed by atoms with E-state index >= 15 is 0 Å². The van der Waals surface area contributed by atoms with E-state index < -0.39 is 27.7 Å². The Kier molecular flexibility index (Phi) is 5.97. The number of nitrogens with zero attached hydrogens (tertiary/aromatic N) is 3. The number of ether oxygens (including phenoxy) is 1. The lowest BCUT2D eigenvalue weighted by Crippen LogP contribution is -2.42. The summed E-state index contributed by atoms with van der Waals surface area (Å²) in [7, 11) is -3.81. The van der Waals surface area contributed by atoms with E-state index in [1.54, 1.807) is 6.92 Å². The number of aryl methyl sites for hydroxylation is 1.